The van der Waals surface area contributed by atoms with Gasteiger partial charge in [0.2, 0.25) is 0 Å². The molecular formula is C7H10O. The van der Waals surface area contributed by atoms with E-state index in [-0.39, 0.29) is 0 Å². The summed E-state index contributed by atoms with van der Waals surface area (Å²) in [5.74, 6) is 0. The molecule has 1 rings (SSSR count). The first kappa shape index (κ1) is 5.57. The van der Waals surface area contributed by atoms with Gasteiger partial charge >= 0.3 is 0 Å². The van der Waals surface area contributed by atoms with Gasteiger partial charge in [-0.25, -0.2) is 0 Å². The molecule has 0 aromatic rings. The minimum atomic E-state index is 0.678. The van der Waals surface area contributed by atoms with Gasteiger partial charge in [-0.2, -0.15) is 0 Å². The van der Waals surface area contributed by atoms with E-state index in [1.54, 1.807) is 6.08 Å². The van der Waals surface area contributed by atoms with E-state index in [0.29, 0.717) is 6.61 Å². The first-order valence-electron chi connectivity index (χ1n) is 2.80. The highest BCUT2D eigenvalue weighted by Gasteiger charge is 2.04. The molecule has 0 saturated carbocycles. The predicted molar refractivity (Wildman–Crippen MR) is 33.7 cm³/mol. The van der Waals surface area contributed by atoms with E-state index in [9.17, 15) is 0 Å². The van der Waals surface area contributed by atoms with Crippen molar-refractivity contribution in [2.24, 2.45) is 0 Å². The van der Waals surface area contributed by atoms with Gasteiger partial charge in [-0.15, -0.1) is 6.58 Å². The maximum atomic E-state index is 5.12. The largest absolute Gasteiger partial charge is 0.373 e. The molecule has 1 aliphatic carbocycles. The van der Waals surface area contributed by atoms with Crippen LogP contribution in [-0.2, 0) is 4.74 Å². The Hall–Kier alpha value is -0.560. The molecular weight excluding hydrogens is 100 g/mol. The van der Waals surface area contributed by atoms with Gasteiger partial charge in [0, 0.05) is 0 Å². The van der Waals surface area contributed by atoms with E-state index in [2.05, 4.69) is 12.7 Å². The van der Waals surface area contributed by atoms with E-state index in [4.69, 9.17) is 4.74 Å². The number of ether oxygens (including phenoxy) is 1. The summed E-state index contributed by atoms with van der Waals surface area (Å²) in [6, 6.07) is 0. The monoisotopic (exact) mass is 110 g/mol. The second-order valence-electron chi connectivity index (χ2n) is 1.87. The molecule has 1 heteroatoms. The second kappa shape index (κ2) is 2.68. The average Bonchev–Trinajstić information content (AvgIpc) is 2.51. The van der Waals surface area contributed by atoms with E-state index in [1.807, 2.05) is 0 Å². The van der Waals surface area contributed by atoms with Crippen molar-refractivity contribution in [2.45, 2.75) is 6.42 Å². The number of hydrogen-bond acceptors (Lipinski definition) is 1. The fraction of sp³-hybridized carbons (Fsp3) is 0.429. The molecule has 0 saturated heterocycles. The summed E-state index contributed by atoms with van der Waals surface area (Å²) >= 11 is 0. The number of rotatable bonds is 4. The van der Waals surface area contributed by atoms with Crippen LogP contribution in [0.1, 0.15) is 6.42 Å². The van der Waals surface area contributed by atoms with E-state index < -0.39 is 0 Å². The summed E-state index contributed by atoms with van der Waals surface area (Å²) in [5, 5.41) is 0. The standard InChI is InChI=1S/C7H10O/c1-2-5-8-6-7-3-4-7/h2-3H,1,4-6H2. The van der Waals surface area contributed by atoms with Crippen molar-refractivity contribution in [3.05, 3.63) is 24.3 Å². The van der Waals surface area contributed by atoms with Gasteiger partial charge in [0.1, 0.15) is 0 Å². The Labute approximate surface area is 49.7 Å². The molecule has 0 amide bonds. The highest BCUT2D eigenvalue weighted by Crippen LogP contribution is 2.17. The van der Waals surface area contributed by atoms with Crippen LogP contribution >= 0.6 is 0 Å². The van der Waals surface area contributed by atoms with E-state index in [1.165, 1.54) is 5.57 Å². The Bertz CT molecular complexity index is 114. The molecule has 1 nitrogen and oxygen atoms in total. The Kier molecular flexibility index (Phi) is 1.86. The van der Waals surface area contributed by atoms with Gasteiger partial charge in [-0.3, -0.25) is 0 Å². The Morgan fingerprint density at radius 2 is 2.62 bits per heavy atom. The fourth-order valence-corrected chi connectivity index (χ4v) is 0.463. The summed E-state index contributed by atoms with van der Waals surface area (Å²) in [4.78, 5) is 0. The van der Waals surface area contributed by atoms with Crippen molar-refractivity contribution >= 4 is 0 Å². The molecule has 0 aromatic heterocycles. The second-order valence-corrected chi connectivity index (χ2v) is 1.87. The van der Waals surface area contributed by atoms with Crippen LogP contribution in [0.25, 0.3) is 0 Å². The zero-order valence-corrected chi connectivity index (χ0v) is 4.89. The van der Waals surface area contributed by atoms with Crippen LogP contribution in [0.15, 0.2) is 24.3 Å². The normalized spacial score (nSPS) is 15.2. The molecule has 0 atom stereocenters. The van der Waals surface area contributed by atoms with Crippen LogP contribution in [-0.4, -0.2) is 13.2 Å². The van der Waals surface area contributed by atoms with Crippen molar-refractivity contribution in [3.8, 4) is 0 Å². The smallest absolute Gasteiger partial charge is 0.0684 e. The molecule has 0 spiro atoms. The van der Waals surface area contributed by atoms with Crippen LogP contribution in [0.5, 0.6) is 0 Å². The van der Waals surface area contributed by atoms with Crippen molar-refractivity contribution in [2.75, 3.05) is 13.2 Å². The van der Waals surface area contributed by atoms with Crippen molar-refractivity contribution in [3.63, 3.8) is 0 Å². The number of allylic oxidation sites excluding steroid dienone is 1. The molecule has 0 bridgehead atoms. The molecule has 44 valence electrons. The molecule has 1 aliphatic rings. The maximum absolute atomic E-state index is 5.12. The lowest BCUT2D eigenvalue weighted by atomic mass is 10.5. The zero-order valence-electron chi connectivity index (χ0n) is 4.89. The van der Waals surface area contributed by atoms with Crippen LogP contribution in [0, 0.1) is 0 Å². The van der Waals surface area contributed by atoms with Gasteiger partial charge in [0.15, 0.2) is 0 Å². The molecule has 0 fully saturated rings. The van der Waals surface area contributed by atoms with Gasteiger partial charge in [-0.05, 0) is 12.0 Å². The Morgan fingerprint density at radius 3 is 3.12 bits per heavy atom. The van der Waals surface area contributed by atoms with Gasteiger partial charge in [-0.1, -0.05) is 12.2 Å². The molecule has 0 aromatic carbocycles. The molecule has 8 heavy (non-hydrogen) atoms. The van der Waals surface area contributed by atoms with Crippen LogP contribution in [0.2, 0.25) is 0 Å². The summed E-state index contributed by atoms with van der Waals surface area (Å²) < 4.78 is 5.12. The van der Waals surface area contributed by atoms with Crippen molar-refractivity contribution in [1.82, 2.24) is 0 Å². The summed E-state index contributed by atoms with van der Waals surface area (Å²) in [6.45, 7) is 5.02. The Morgan fingerprint density at radius 1 is 1.88 bits per heavy atom. The average molecular weight is 110 g/mol. The summed E-state index contributed by atoms with van der Waals surface area (Å²) in [6.07, 6.45) is 5.10. The zero-order chi connectivity index (χ0) is 5.82. The van der Waals surface area contributed by atoms with Crippen molar-refractivity contribution in [1.29, 1.82) is 0 Å². The van der Waals surface area contributed by atoms with Gasteiger partial charge < -0.3 is 4.74 Å². The van der Waals surface area contributed by atoms with E-state index in [0.717, 1.165) is 13.0 Å². The minimum absolute atomic E-state index is 0.678. The Balaban J connectivity index is 1.88. The first-order chi connectivity index (χ1) is 3.93. The maximum Gasteiger partial charge on any atom is 0.0684 e. The van der Waals surface area contributed by atoms with Crippen LogP contribution < -0.4 is 0 Å². The van der Waals surface area contributed by atoms with E-state index >= 15 is 0 Å². The third kappa shape index (κ3) is 1.94. The number of hydrogen-bond donors (Lipinski definition) is 0. The lowest BCUT2D eigenvalue weighted by Gasteiger charge is -1.92. The van der Waals surface area contributed by atoms with Crippen LogP contribution in [0.3, 0.4) is 0 Å². The quantitative estimate of drug-likeness (QED) is 0.394. The highest BCUT2D eigenvalue weighted by molar-refractivity contribution is 5.21. The summed E-state index contributed by atoms with van der Waals surface area (Å²) in [5.41, 5.74) is 1.42. The molecule has 0 unspecified atom stereocenters. The molecule has 0 radical (unpaired) electrons. The minimum Gasteiger partial charge on any atom is -0.373 e. The van der Waals surface area contributed by atoms with Gasteiger partial charge in [0.25, 0.3) is 0 Å². The summed E-state index contributed by atoms with van der Waals surface area (Å²) in [7, 11) is 0. The lowest BCUT2D eigenvalue weighted by molar-refractivity contribution is 0.189. The topological polar surface area (TPSA) is 9.23 Å². The first-order valence-corrected chi connectivity index (χ1v) is 2.80. The SMILES string of the molecule is C=CCOCC1=CC1. The van der Waals surface area contributed by atoms with Crippen molar-refractivity contribution < 1.29 is 4.74 Å². The van der Waals surface area contributed by atoms with Gasteiger partial charge in [0.05, 0.1) is 13.2 Å². The molecule has 0 N–H and O–H groups in total. The fourth-order valence-electron chi connectivity index (χ4n) is 0.463. The van der Waals surface area contributed by atoms with Crippen LogP contribution in [0.4, 0.5) is 0 Å². The molecule has 0 heterocycles. The third-order valence-corrected chi connectivity index (χ3v) is 1.02. The lowest BCUT2D eigenvalue weighted by Crippen LogP contribution is -1.90. The molecule has 0 aliphatic heterocycles. The predicted octanol–water partition coefficient (Wildman–Crippen LogP) is 1.52. The third-order valence-electron chi connectivity index (χ3n) is 1.02. The highest BCUT2D eigenvalue weighted by atomic mass is 16.5.